The molecule has 0 radical (unpaired) electrons. The molecule has 0 saturated heterocycles. The van der Waals surface area contributed by atoms with E-state index in [-0.39, 0.29) is 18.8 Å². The van der Waals surface area contributed by atoms with Crippen LogP contribution >= 0.6 is 0 Å². The predicted molar refractivity (Wildman–Crippen MR) is 175 cm³/mol. The summed E-state index contributed by atoms with van der Waals surface area (Å²) in [4.78, 5) is 55.3. The second-order valence-corrected chi connectivity index (χ2v) is 12.4. The van der Waals surface area contributed by atoms with E-state index in [1.807, 2.05) is 37.4 Å². The van der Waals surface area contributed by atoms with E-state index in [1.165, 1.54) is 5.56 Å². The van der Waals surface area contributed by atoms with Crippen molar-refractivity contribution >= 4 is 23.7 Å². The van der Waals surface area contributed by atoms with Crippen molar-refractivity contribution in [2.45, 2.75) is 115 Å². The number of carbonyl (C=O) groups excluding carboxylic acids is 3. The number of unbranched alkanes of at least 4 members (excludes halogenated alkanes) is 2. The van der Waals surface area contributed by atoms with Crippen LogP contribution in [0, 0.1) is 12.8 Å². The van der Waals surface area contributed by atoms with Gasteiger partial charge in [-0.05, 0) is 75.5 Å². The lowest BCUT2D eigenvalue weighted by Crippen LogP contribution is -2.56. The number of nitrogens with two attached hydrogens (primary N) is 1. The number of carboxylic acid groups (broad SMARTS) is 1. The first-order chi connectivity index (χ1) is 22.2. The molecule has 2 aromatic rings. The molecule has 12 heteroatoms. The molecule has 1 aromatic heterocycles. The number of aryl methyl sites for hydroxylation is 3. The molecule has 46 heavy (non-hydrogen) atoms. The second-order valence-electron chi connectivity index (χ2n) is 12.4. The minimum atomic E-state index is -1.27. The number of nitrogens with zero attached hydrogens (tertiary/aromatic N) is 2. The third-order valence-electron chi connectivity index (χ3n) is 8.75. The zero-order valence-electron chi connectivity index (χ0n) is 27.1. The Balaban J connectivity index is 1.50. The summed E-state index contributed by atoms with van der Waals surface area (Å²) in [6.07, 6.45) is 13.6. The highest BCUT2D eigenvalue weighted by Gasteiger charge is 2.31. The second kappa shape index (κ2) is 19.7. The summed E-state index contributed by atoms with van der Waals surface area (Å²) < 4.78 is 2.13. The third-order valence-corrected chi connectivity index (χ3v) is 8.75. The highest BCUT2D eigenvalue weighted by molar-refractivity contribution is 5.93. The molecule has 1 aromatic carbocycles. The maximum absolute atomic E-state index is 13.2. The molecule has 3 atom stereocenters. The molecular weight excluding hydrogens is 588 g/mol. The van der Waals surface area contributed by atoms with Crippen molar-refractivity contribution in [2.75, 3.05) is 13.2 Å². The van der Waals surface area contributed by atoms with Crippen molar-refractivity contribution in [1.82, 2.24) is 25.5 Å². The van der Waals surface area contributed by atoms with E-state index >= 15 is 0 Å². The number of amides is 3. The molecule has 0 aliphatic heterocycles. The van der Waals surface area contributed by atoms with Crippen molar-refractivity contribution < 1.29 is 29.4 Å². The molecule has 0 bridgehead atoms. The van der Waals surface area contributed by atoms with Crippen molar-refractivity contribution in [3.63, 3.8) is 0 Å². The van der Waals surface area contributed by atoms with Gasteiger partial charge < -0.3 is 36.5 Å². The van der Waals surface area contributed by atoms with Crippen LogP contribution < -0.4 is 21.7 Å². The molecule has 1 aliphatic rings. The van der Waals surface area contributed by atoms with Crippen LogP contribution in [0.2, 0.25) is 0 Å². The number of rotatable bonds is 20. The van der Waals surface area contributed by atoms with E-state index in [2.05, 4.69) is 25.5 Å². The molecule has 0 spiro atoms. The van der Waals surface area contributed by atoms with Crippen LogP contribution in [0.25, 0.3) is 0 Å². The Labute approximate surface area is 271 Å². The van der Waals surface area contributed by atoms with Crippen LogP contribution in [0.15, 0.2) is 36.7 Å². The lowest BCUT2D eigenvalue weighted by molar-refractivity contribution is -0.143. The molecule has 1 saturated carbocycles. The smallest absolute Gasteiger partial charge is 0.326 e. The van der Waals surface area contributed by atoms with Crippen molar-refractivity contribution in [1.29, 1.82) is 0 Å². The molecule has 7 N–H and O–H groups in total. The van der Waals surface area contributed by atoms with Gasteiger partial charge in [0.15, 0.2) is 0 Å². The number of imidazole rings is 1. The van der Waals surface area contributed by atoms with Gasteiger partial charge in [0, 0.05) is 18.9 Å². The largest absolute Gasteiger partial charge is 0.480 e. The van der Waals surface area contributed by atoms with Gasteiger partial charge >= 0.3 is 5.97 Å². The first-order valence-electron chi connectivity index (χ1n) is 16.7. The molecule has 1 heterocycles. The van der Waals surface area contributed by atoms with Crippen molar-refractivity contribution in [3.8, 4) is 0 Å². The summed E-state index contributed by atoms with van der Waals surface area (Å²) in [6.45, 7) is 2.66. The quantitative estimate of drug-likeness (QED) is 0.119. The van der Waals surface area contributed by atoms with Gasteiger partial charge in [-0.2, -0.15) is 0 Å². The summed E-state index contributed by atoms with van der Waals surface area (Å²) in [5, 5.41) is 27.5. The van der Waals surface area contributed by atoms with Crippen LogP contribution in [0.1, 0.15) is 87.6 Å². The van der Waals surface area contributed by atoms with Crippen LogP contribution in [0.5, 0.6) is 0 Å². The predicted octanol–water partition coefficient (Wildman–Crippen LogP) is 2.39. The number of aromatic nitrogens is 2. The fraction of sp³-hybridized carbons (Fsp3) is 0.618. The van der Waals surface area contributed by atoms with Gasteiger partial charge in [0.25, 0.3) is 0 Å². The topological polar surface area (TPSA) is 189 Å². The third kappa shape index (κ3) is 12.6. The zero-order chi connectivity index (χ0) is 33.3. The van der Waals surface area contributed by atoms with Crippen LogP contribution in [0.3, 0.4) is 0 Å². The first kappa shape index (κ1) is 36.7. The van der Waals surface area contributed by atoms with E-state index in [9.17, 15) is 29.4 Å². The number of carboxylic acids is 1. The Kier molecular flexibility index (Phi) is 15.7. The van der Waals surface area contributed by atoms with Crippen LogP contribution in [0.4, 0.5) is 0 Å². The fourth-order valence-electron chi connectivity index (χ4n) is 5.98. The average molecular weight is 641 g/mol. The molecule has 12 nitrogen and oxygen atoms in total. The maximum Gasteiger partial charge on any atom is 0.326 e. The molecule has 1 unspecified atom stereocenters. The Morgan fingerprint density at radius 1 is 0.913 bits per heavy atom. The SMILES string of the molecule is Cc1nccn1CCCCc1ccc(CC(=O)N[C@@H](CO)C(=O)N[C@@H](CCCCN)C(=O)NC(CC2CCCCC2)C(=O)O)cc1. The minimum Gasteiger partial charge on any atom is -0.480 e. The fourth-order valence-corrected chi connectivity index (χ4v) is 5.98. The first-order valence-corrected chi connectivity index (χ1v) is 16.7. The van der Waals surface area contributed by atoms with Crippen molar-refractivity contribution in [3.05, 3.63) is 53.6 Å². The van der Waals surface area contributed by atoms with Crippen LogP contribution in [-0.2, 0) is 38.6 Å². The summed E-state index contributed by atoms with van der Waals surface area (Å²) in [5.74, 6) is -1.64. The van der Waals surface area contributed by atoms with Gasteiger partial charge in [-0.1, -0.05) is 56.4 Å². The summed E-state index contributed by atoms with van der Waals surface area (Å²) in [7, 11) is 0. The normalized spacial score (nSPS) is 15.5. The van der Waals surface area contributed by atoms with E-state index in [0.717, 1.165) is 69.3 Å². The monoisotopic (exact) mass is 640 g/mol. The van der Waals surface area contributed by atoms with Gasteiger partial charge in [-0.3, -0.25) is 14.4 Å². The molecule has 3 amide bonds. The van der Waals surface area contributed by atoms with Gasteiger partial charge in [0.1, 0.15) is 23.9 Å². The Bertz CT molecular complexity index is 1240. The average Bonchev–Trinajstić information content (AvgIpc) is 3.46. The number of aliphatic hydroxyl groups excluding tert-OH is 1. The molecule has 3 rings (SSSR count). The number of aliphatic hydroxyl groups is 1. The summed E-state index contributed by atoms with van der Waals surface area (Å²) in [5.41, 5.74) is 7.55. The maximum atomic E-state index is 13.2. The molecule has 254 valence electrons. The Hall–Kier alpha value is -3.77. The number of carbonyl (C=O) groups is 4. The number of benzene rings is 1. The van der Waals surface area contributed by atoms with E-state index in [4.69, 9.17) is 5.73 Å². The lowest BCUT2D eigenvalue weighted by Gasteiger charge is -2.27. The highest BCUT2D eigenvalue weighted by Crippen LogP contribution is 2.27. The van der Waals surface area contributed by atoms with E-state index in [1.54, 1.807) is 6.20 Å². The van der Waals surface area contributed by atoms with Crippen LogP contribution in [-0.4, -0.2) is 74.7 Å². The van der Waals surface area contributed by atoms with Gasteiger partial charge in [0.05, 0.1) is 13.0 Å². The van der Waals surface area contributed by atoms with Gasteiger partial charge in [-0.15, -0.1) is 0 Å². The zero-order valence-corrected chi connectivity index (χ0v) is 27.1. The molecule has 1 aliphatic carbocycles. The highest BCUT2D eigenvalue weighted by atomic mass is 16.4. The summed E-state index contributed by atoms with van der Waals surface area (Å²) in [6, 6.07) is 4.38. The summed E-state index contributed by atoms with van der Waals surface area (Å²) >= 11 is 0. The van der Waals surface area contributed by atoms with E-state index in [0.29, 0.717) is 25.8 Å². The van der Waals surface area contributed by atoms with Crippen molar-refractivity contribution in [2.24, 2.45) is 11.7 Å². The standard InChI is InChI=1S/C34H52N6O6/c1-24-36-18-20-40(24)19-8-6-9-25-13-15-27(16-14-25)22-31(42)37-30(23-41)33(44)38-28(12-5-7-17-35)32(43)39-29(34(45)46)21-26-10-3-2-4-11-26/h13-16,18,20,26,28-30,41H,2-12,17,19,21-23,35H2,1H3,(H,37,42)(H,38,44)(H,39,43)(H,45,46)/t28-,29?,30-/m0/s1. The molecular formula is C34H52N6O6. The minimum absolute atomic E-state index is 0.0197. The lowest BCUT2D eigenvalue weighted by atomic mass is 9.84. The van der Waals surface area contributed by atoms with Gasteiger partial charge in [-0.25, -0.2) is 9.78 Å². The number of aliphatic carboxylic acids is 1. The molecule has 1 fully saturated rings. The Morgan fingerprint density at radius 3 is 2.22 bits per heavy atom. The number of nitrogens with one attached hydrogen (secondary N) is 3. The number of hydrogen-bond donors (Lipinski definition) is 6. The van der Waals surface area contributed by atoms with E-state index < -0.39 is 48.4 Å². The Morgan fingerprint density at radius 2 is 1.59 bits per heavy atom. The van der Waals surface area contributed by atoms with Gasteiger partial charge in [0.2, 0.25) is 17.7 Å². The number of hydrogen-bond acceptors (Lipinski definition) is 7.